The van der Waals surface area contributed by atoms with Crippen molar-refractivity contribution in [1.82, 2.24) is 0 Å². The van der Waals surface area contributed by atoms with E-state index in [9.17, 15) is 0 Å². The number of fused-ring (bicyclic) bond motifs is 3. The van der Waals surface area contributed by atoms with Gasteiger partial charge in [0.1, 0.15) is 0 Å². The van der Waals surface area contributed by atoms with Gasteiger partial charge in [0.2, 0.25) is 0 Å². The molecular formula is C39H31Cl. The van der Waals surface area contributed by atoms with Gasteiger partial charge in [0.05, 0.1) is 0 Å². The average Bonchev–Trinajstić information content (AvgIpc) is 3.23. The highest BCUT2D eigenvalue weighted by molar-refractivity contribution is 6.30. The van der Waals surface area contributed by atoms with Gasteiger partial charge in [-0.05, 0) is 85.0 Å². The summed E-state index contributed by atoms with van der Waals surface area (Å²) in [7, 11) is 0. The van der Waals surface area contributed by atoms with Gasteiger partial charge in [-0.15, -0.1) is 0 Å². The second kappa shape index (κ2) is 9.81. The fourth-order valence-electron chi connectivity index (χ4n) is 7.00. The minimum atomic E-state index is -0.122. The first kappa shape index (κ1) is 24.9. The van der Waals surface area contributed by atoms with E-state index in [1.165, 1.54) is 61.2 Å². The van der Waals surface area contributed by atoms with Crippen LogP contribution in [0.3, 0.4) is 0 Å². The first-order valence-electron chi connectivity index (χ1n) is 14.1. The van der Waals surface area contributed by atoms with Crippen molar-refractivity contribution in [3.8, 4) is 44.5 Å². The Balaban J connectivity index is 1.77. The van der Waals surface area contributed by atoms with E-state index in [1.54, 1.807) is 0 Å². The van der Waals surface area contributed by atoms with Crippen molar-refractivity contribution in [3.63, 3.8) is 0 Å². The van der Waals surface area contributed by atoms with E-state index in [-0.39, 0.29) is 5.41 Å². The van der Waals surface area contributed by atoms with Gasteiger partial charge in [-0.2, -0.15) is 0 Å². The highest BCUT2D eigenvalue weighted by Gasteiger charge is 2.48. The van der Waals surface area contributed by atoms with Gasteiger partial charge in [0.25, 0.3) is 0 Å². The molecule has 0 radical (unpaired) electrons. The van der Waals surface area contributed by atoms with Crippen molar-refractivity contribution >= 4 is 17.2 Å². The standard InChI is InChI=1S/C39H31Cl/c1-39(2)32-25-30(40)23-24-31(32)37-35(28-19-11-5-12-20-28)33(26-15-7-3-8-16-26)34(27-17-9-4-10-18-27)36(38(37)39)29-21-13-6-14-22-29/h3-24,32H,25H2,1-2H3. The lowest BCUT2D eigenvalue weighted by atomic mass is 9.71. The van der Waals surface area contributed by atoms with Gasteiger partial charge < -0.3 is 0 Å². The zero-order valence-corrected chi connectivity index (χ0v) is 23.6. The fourth-order valence-corrected chi connectivity index (χ4v) is 7.22. The van der Waals surface area contributed by atoms with Crippen LogP contribution in [0.5, 0.6) is 0 Å². The topological polar surface area (TPSA) is 0 Å². The number of hydrogen-bond acceptors (Lipinski definition) is 0. The molecular weight excluding hydrogens is 504 g/mol. The third-order valence-corrected chi connectivity index (χ3v) is 9.05. The summed E-state index contributed by atoms with van der Waals surface area (Å²) in [6.45, 7) is 4.84. The van der Waals surface area contributed by atoms with Gasteiger partial charge >= 0.3 is 0 Å². The number of halogens is 1. The number of hydrogen-bond donors (Lipinski definition) is 0. The highest BCUT2D eigenvalue weighted by Crippen LogP contribution is 2.63. The molecule has 1 unspecified atom stereocenters. The van der Waals surface area contributed by atoms with Gasteiger partial charge in [-0.25, -0.2) is 0 Å². The van der Waals surface area contributed by atoms with Crippen molar-refractivity contribution in [2.24, 2.45) is 5.92 Å². The van der Waals surface area contributed by atoms with E-state index in [2.05, 4.69) is 147 Å². The molecule has 0 aromatic heterocycles. The van der Waals surface area contributed by atoms with Gasteiger partial charge in [-0.3, -0.25) is 0 Å². The molecule has 1 atom stereocenters. The summed E-state index contributed by atoms with van der Waals surface area (Å²) < 4.78 is 0. The Morgan fingerprint density at radius 1 is 0.500 bits per heavy atom. The third-order valence-electron chi connectivity index (χ3n) is 8.77. The summed E-state index contributed by atoms with van der Waals surface area (Å²) >= 11 is 6.74. The van der Waals surface area contributed by atoms with E-state index < -0.39 is 0 Å². The van der Waals surface area contributed by atoms with Crippen LogP contribution in [0.1, 0.15) is 31.4 Å². The Bertz CT molecular complexity index is 1760. The monoisotopic (exact) mass is 534 g/mol. The van der Waals surface area contributed by atoms with E-state index in [1.807, 2.05) is 0 Å². The lowest BCUT2D eigenvalue weighted by molar-refractivity contribution is 0.413. The molecule has 0 saturated heterocycles. The van der Waals surface area contributed by atoms with Crippen molar-refractivity contribution in [1.29, 1.82) is 0 Å². The molecule has 5 aromatic carbocycles. The maximum absolute atomic E-state index is 6.74. The Hall–Kier alpha value is -4.13. The van der Waals surface area contributed by atoms with Crippen molar-refractivity contribution in [3.05, 3.63) is 150 Å². The predicted molar refractivity (Wildman–Crippen MR) is 171 cm³/mol. The summed E-state index contributed by atoms with van der Waals surface area (Å²) in [4.78, 5) is 0. The Labute approximate surface area is 242 Å². The Morgan fingerprint density at radius 3 is 1.32 bits per heavy atom. The predicted octanol–water partition coefficient (Wildman–Crippen LogP) is 11.2. The second-order valence-corrected chi connectivity index (χ2v) is 11.9. The van der Waals surface area contributed by atoms with Crippen LogP contribution in [0.2, 0.25) is 0 Å². The molecule has 0 aliphatic heterocycles. The zero-order valence-electron chi connectivity index (χ0n) is 22.9. The average molecular weight is 535 g/mol. The maximum Gasteiger partial charge on any atom is 0.0187 e. The molecule has 0 nitrogen and oxygen atoms in total. The number of benzene rings is 5. The third kappa shape index (κ3) is 3.90. The van der Waals surface area contributed by atoms with Crippen molar-refractivity contribution in [2.75, 3.05) is 0 Å². The van der Waals surface area contributed by atoms with E-state index in [4.69, 9.17) is 11.6 Å². The van der Waals surface area contributed by atoms with Gasteiger partial charge in [-0.1, -0.05) is 153 Å². The Morgan fingerprint density at radius 2 is 0.875 bits per heavy atom. The molecule has 1 heteroatoms. The molecule has 2 aliphatic carbocycles. The number of allylic oxidation sites excluding steroid dienone is 4. The smallest absolute Gasteiger partial charge is 0.0187 e. The second-order valence-electron chi connectivity index (χ2n) is 11.4. The molecule has 194 valence electrons. The van der Waals surface area contributed by atoms with Crippen LogP contribution in [0, 0.1) is 5.92 Å². The molecule has 7 rings (SSSR count). The summed E-state index contributed by atoms with van der Waals surface area (Å²) in [5.74, 6) is 0.305. The van der Waals surface area contributed by atoms with Gasteiger partial charge in [0.15, 0.2) is 0 Å². The zero-order chi connectivity index (χ0) is 27.3. The van der Waals surface area contributed by atoms with Crippen molar-refractivity contribution in [2.45, 2.75) is 25.7 Å². The lowest BCUT2D eigenvalue weighted by Crippen LogP contribution is -2.25. The molecule has 40 heavy (non-hydrogen) atoms. The van der Waals surface area contributed by atoms with Crippen LogP contribution in [0.25, 0.3) is 50.1 Å². The highest BCUT2D eigenvalue weighted by atomic mass is 35.5. The molecule has 0 spiro atoms. The SMILES string of the molecule is CC1(C)c2c(c(-c3ccccc3)c(-c3ccccc3)c(-c3ccccc3)c2-c2ccccc2)C2=CC=C(Cl)CC21. The molecule has 0 fully saturated rings. The van der Waals surface area contributed by atoms with Crippen LogP contribution in [0.15, 0.2) is 139 Å². The summed E-state index contributed by atoms with van der Waals surface area (Å²) in [5, 5.41) is 0.934. The molecule has 0 saturated carbocycles. The van der Waals surface area contributed by atoms with Crippen LogP contribution in [0.4, 0.5) is 0 Å². The lowest BCUT2D eigenvalue weighted by Gasteiger charge is -2.33. The summed E-state index contributed by atoms with van der Waals surface area (Å²) in [5.41, 5.74) is 14.3. The Kier molecular flexibility index (Phi) is 6.10. The van der Waals surface area contributed by atoms with Gasteiger partial charge in [0, 0.05) is 5.03 Å². The molecule has 0 N–H and O–H groups in total. The molecule has 2 aliphatic rings. The molecule has 0 amide bonds. The van der Waals surface area contributed by atoms with Crippen LogP contribution >= 0.6 is 11.6 Å². The minimum absolute atomic E-state index is 0.122. The molecule has 5 aromatic rings. The first-order chi connectivity index (χ1) is 19.6. The van der Waals surface area contributed by atoms with Crippen molar-refractivity contribution < 1.29 is 0 Å². The van der Waals surface area contributed by atoms with Crippen LogP contribution < -0.4 is 0 Å². The van der Waals surface area contributed by atoms with E-state index in [0.29, 0.717) is 5.92 Å². The minimum Gasteiger partial charge on any atom is -0.0891 e. The summed E-state index contributed by atoms with van der Waals surface area (Å²) in [6, 6.07) is 43.9. The quantitative estimate of drug-likeness (QED) is 0.215. The fraction of sp³-hybridized carbons (Fsp3) is 0.128. The van der Waals surface area contributed by atoms with E-state index in [0.717, 1.165) is 11.5 Å². The molecule has 0 bridgehead atoms. The van der Waals surface area contributed by atoms with E-state index >= 15 is 0 Å². The number of rotatable bonds is 4. The normalized spacial score (nSPS) is 17.0. The first-order valence-corrected chi connectivity index (χ1v) is 14.5. The largest absolute Gasteiger partial charge is 0.0891 e. The molecule has 0 heterocycles. The summed E-state index contributed by atoms with van der Waals surface area (Å²) in [6.07, 6.45) is 5.27. The van der Waals surface area contributed by atoms with Crippen LogP contribution in [-0.2, 0) is 5.41 Å². The maximum atomic E-state index is 6.74. The van der Waals surface area contributed by atoms with Crippen LogP contribution in [-0.4, -0.2) is 0 Å².